The molecule has 0 aliphatic carbocycles. The highest BCUT2D eigenvalue weighted by Crippen LogP contribution is 2.11. The number of benzene rings is 1. The lowest BCUT2D eigenvalue weighted by atomic mass is 10.1. The second kappa shape index (κ2) is 11.2. The van der Waals surface area contributed by atoms with Crippen molar-refractivity contribution >= 4 is 40.3 Å². The second-order valence-corrected chi connectivity index (χ2v) is 6.76. The first kappa shape index (κ1) is 19.6. The van der Waals surface area contributed by atoms with E-state index in [2.05, 4.69) is 54.4 Å². The zero-order valence-corrected chi connectivity index (χ0v) is 15.9. The molecule has 0 atom stereocenters. The molecular weight excluding hydrogens is 324 g/mol. The van der Waals surface area contributed by atoms with Crippen molar-refractivity contribution < 1.29 is 0 Å². The Hall–Kier alpha value is -1.40. The third-order valence-corrected chi connectivity index (χ3v) is 3.78. The molecule has 23 heavy (non-hydrogen) atoms. The first-order valence-corrected chi connectivity index (χ1v) is 9.02. The van der Waals surface area contributed by atoms with E-state index in [-0.39, 0.29) is 0 Å². The fourth-order valence-corrected chi connectivity index (χ4v) is 2.25. The van der Waals surface area contributed by atoms with Gasteiger partial charge in [0.2, 0.25) is 0 Å². The van der Waals surface area contributed by atoms with Gasteiger partial charge in [-0.15, -0.1) is 0 Å². The Bertz CT molecular complexity index is 486. The van der Waals surface area contributed by atoms with Gasteiger partial charge in [-0.2, -0.15) is 0 Å². The SMILES string of the molecule is CCCCc1ccc(NC(=S)NNC(=S)NCCC(C)C)cc1. The van der Waals surface area contributed by atoms with Crippen molar-refractivity contribution in [1.29, 1.82) is 0 Å². The predicted molar refractivity (Wildman–Crippen MR) is 108 cm³/mol. The topological polar surface area (TPSA) is 48.1 Å². The van der Waals surface area contributed by atoms with Crippen LogP contribution in [0, 0.1) is 5.92 Å². The minimum atomic E-state index is 0.485. The van der Waals surface area contributed by atoms with E-state index in [0.717, 1.165) is 25.1 Å². The van der Waals surface area contributed by atoms with E-state index in [1.165, 1.54) is 18.4 Å². The van der Waals surface area contributed by atoms with Gasteiger partial charge in [0.15, 0.2) is 10.2 Å². The third kappa shape index (κ3) is 9.36. The van der Waals surface area contributed by atoms with Gasteiger partial charge in [0.1, 0.15) is 0 Å². The number of hydrazine groups is 1. The van der Waals surface area contributed by atoms with Gasteiger partial charge >= 0.3 is 0 Å². The number of hydrogen-bond acceptors (Lipinski definition) is 2. The van der Waals surface area contributed by atoms with Gasteiger partial charge in [-0.25, -0.2) is 0 Å². The molecule has 1 aromatic rings. The molecule has 0 saturated carbocycles. The van der Waals surface area contributed by atoms with Crippen LogP contribution < -0.4 is 21.5 Å². The van der Waals surface area contributed by atoms with Gasteiger partial charge in [-0.1, -0.05) is 39.3 Å². The average molecular weight is 353 g/mol. The lowest BCUT2D eigenvalue weighted by molar-refractivity contribution is 0.575. The van der Waals surface area contributed by atoms with Crippen molar-refractivity contribution in [2.75, 3.05) is 11.9 Å². The molecule has 1 rings (SSSR count). The monoisotopic (exact) mass is 352 g/mol. The molecule has 0 unspecified atom stereocenters. The normalized spacial score (nSPS) is 10.3. The van der Waals surface area contributed by atoms with E-state index < -0.39 is 0 Å². The first-order valence-electron chi connectivity index (χ1n) is 8.21. The zero-order chi connectivity index (χ0) is 17.1. The summed E-state index contributed by atoms with van der Waals surface area (Å²) >= 11 is 10.4. The van der Waals surface area contributed by atoms with E-state index in [4.69, 9.17) is 24.4 Å². The number of rotatable bonds is 7. The smallest absolute Gasteiger partial charge is 0.189 e. The van der Waals surface area contributed by atoms with E-state index in [1.54, 1.807) is 0 Å². The van der Waals surface area contributed by atoms with Crippen LogP contribution in [0.1, 0.15) is 45.6 Å². The molecular formula is C17H28N4S2. The Morgan fingerprint density at radius 1 is 1.04 bits per heavy atom. The van der Waals surface area contributed by atoms with Crippen molar-refractivity contribution in [3.8, 4) is 0 Å². The fourth-order valence-electron chi connectivity index (χ4n) is 1.93. The predicted octanol–water partition coefficient (Wildman–Crippen LogP) is 3.74. The summed E-state index contributed by atoms with van der Waals surface area (Å²) in [6.45, 7) is 7.42. The molecule has 0 saturated heterocycles. The fraction of sp³-hybridized carbons (Fsp3) is 0.529. The number of hydrogen-bond donors (Lipinski definition) is 4. The standard InChI is InChI=1S/C17H28N4S2/c1-4-5-6-14-7-9-15(10-8-14)19-17(23)21-20-16(22)18-12-11-13(2)3/h7-10,13H,4-6,11-12H2,1-3H3,(H2,18,20,22)(H2,19,21,23). The summed E-state index contributed by atoms with van der Waals surface area (Å²) in [4.78, 5) is 0. The highest BCUT2D eigenvalue weighted by molar-refractivity contribution is 7.80. The second-order valence-electron chi connectivity index (χ2n) is 5.94. The van der Waals surface area contributed by atoms with Crippen LogP contribution in [0.25, 0.3) is 0 Å². The van der Waals surface area contributed by atoms with Gasteiger partial charge in [-0.05, 0) is 67.3 Å². The van der Waals surface area contributed by atoms with Crippen LogP contribution in [0.5, 0.6) is 0 Å². The van der Waals surface area contributed by atoms with Crippen LogP contribution in [-0.2, 0) is 6.42 Å². The van der Waals surface area contributed by atoms with E-state index >= 15 is 0 Å². The Labute approximate surface area is 150 Å². The minimum absolute atomic E-state index is 0.485. The molecule has 0 aliphatic heterocycles. The molecule has 4 nitrogen and oxygen atoms in total. The third-order valence-electron chi connectivity index (χ3n) is 3.33. The molecule has 0 spiro atoms. The Kier molecular flexibility index (Phi) is 9.55. The molecule has 1 aromatic carbocycles. The summed E-state index contributed by atoms with van der Waals surface area (Å²) < 4.78 is 0. The van der Waals surface area contributed by atoms with Crippen molar-refractivity contribution in [2.45, 2.75) is 46.5 Å². The minimum Gasteiger partial charge on any atom is -0.361 e. The van der Waals surface area contributed by atoms with Crippen molar-refractivity contribution in [1.82, 2.24) is 16.2 Å². The quantitative estimate of drug-likeness (QED) is 0.443. The van der Waals surface area contributed by atoms with Crippen LogP contribution in [0.3, 0.4) is 0 Å². The molecule has 0 heterocycles. The van der Waals surface area contributed by atoms with Crippen LogP contribution in [0.15, 0.2) is 24.3 Å². The van der Waals surface area contributed by atoms with Gasteiger partial charge in [0.25, 0.3) is 0 Å². The molecule has 0 bridgehead atoms. The Balaban J connectivity index is 2.26. The van der Waals surface area contributed by atoms with Crippen molar-refractivity contribution in [2.24, 2.45) is 5.92 Å². The maximum Gasteiger partial charge on any atom is 0.189 e. The highest BCUT2D eigenvalue weighted by atomic mass is 32.1. The average Bonchev–Trinajstić information content (AvgIpc) is 2.52. The number of nitrogens with one attached hydrogen (secondary N) is 4. The summed E-state index contributed by atoms with van der Waals surface area (Å²) in [6.07, 6.45) is 4.63. The number of unbranched alkanes of at least 4 members (excludes halogenated alkanes) is 1. The van der Waals surface area contributed by atoms with Crippen LogP contribution >= 0.6 is 24.4 Å². The molecule has 0 amide bonds. The van der Waals surface area contributed by atoms with Crippen LogP contribution in [0.2, 0.25) is 0 Å². The van der Waals surface area contributed by atoms with E-state index in [0.29, 0.717) is 16.1 Å². The molecule has 128 valence electrons. The van der Waals surface area contributed by atoms with Gasteiger partial charge in [-0.3, -0.25) is 10.9 Å². The maximum atomic E-state index is 5.24. The number of aryl methyl sites for hydroxylation is 1. The summed E-state index contributed by atoms with van der Waals surface area (Å²) in [5.41, 5.74) is 8.08. The summed E-state index contributed by atoms with van der Waals surface area (Å²) in [7, 11) is 0. The summed E-state index contributed by atoms with van der Waals surface area (Å²) in [5, 5.41) is 7.29. The van der Waals surface area contributed by atoms with E-state index in [1.807, 2.05) is 12.1 Å². The molecule has 0 radical (unpaired) electrons. The molecule has 0 aliphatic rings. The molecule has 4 N–H and O–H groups in total. The Morgan fingerprint density at radius 3 is 2.30 bits per heavy atom. The van der Waals surface area contributed by atoms with Crippen molar-refractivity contribution in [3.05, 3.63) is 29.8 Å². The molecule has 6 heteroatoms. The zero-order valence-electron chi connectivity index (χ0n) is 14.2. The molecule has 0 aromatic heterocycles. The van der Waals surface area contributed by atoms with E-state index in [9.17, 15) is 0 Å². The highest BCUT2D eigenvalue weighted by Gasteiger charge is 2.00. The number of thiocarbonyl (C=S) groups is 2. The maximum absolute atomic E-state index is 5.24. The largest absolute Gasteiger partial charge is 0.361 e. The lowest BCUT2D eigenvalue weighted by Crippen LogP contribution is -2.48. The Morgan fingerprint density at radius 2 is 1.70 bits per heavy atom. The van der Waals surface area contributed by atoms with Crippen molar-refractivity contribution in [3.63, 3.8) is 0 Å². The summed E-state index contributed by atoms with van der Waals surface area (Å²) in [5.74, 6) is 0.654. The number of anilines is 1. The first-order chi connectivity index (χ1) is 11.0. The van der Waals surface area contributed by atoms with Gasteiger partial charge < -0.3 is 10.6 Å². The van der Waals surface area contributed by atoms with Gasteiger partial charge in [0, 0.05) is 12.2 Å². The van der Waals surface area contributed by atoms with Crippen LogP contribution in [0.4, 0.5) is 5.69 Å². The molecule has 0 fully saturated rings. The van der Waals surface area contributed by atoms with Crippen LogP contribution in [-0.4, -0.2) is 16.8 Å². The lowest BCUT2D eigenvalue weighted by Gasteiger charge is -2.15. The van der Waals surface area contributed by atoms with Gasteiger partial charge in [0.05, 0.1) is 0 Å². The summed E-state index contributed by atoms with van der Waals surface area (Å²) in [6, 6.07) is 8.34.